The summed E-state index contributed by atoms with van der Waals surface area (Å²) in [6.45, 7) is 0. The number of fused-ring (bicyclic) bond motifs is 1. The van der Waals surface area contributed by atoms with Crippen LogP contribution < -0.4 is 5.73 Å². The molecule has 2 N–H and O–H groups in total. The summed E-state index contributed by atoms with van der Waals surface area (Å²) >= 11 is 7.43. The molecule has 0 aliphatic carbocycles. The van der Waals surface area contributed by atoms with E-state index in [1.165, 1.54) is 11.3 Å². The molecule has 2 heterocycles. The molecule has 0 saturated heterocycles. The Bertz CT molecular complexity index is 661. The Hall–Kier alpha value is -1.59. The topological polar surface area (TPSA) is 64.9 Å². The van der Waals surface area contributed by atoms with Crippen LogP contribution in [-0.2, 0) is 0 Å². The molecule has 0 spiro atoms. The lowest BCUT2D eigenvalue weighted by Crippen LogP contribution is -1.80. The van der Waals surface area contributed by atoms with Gasteiger partial charge in [0.05, 0.1) is 5.02 Å². The third kappa shape index (κ3) is 1.36. The van der Waals surface area contributed by atoms with Crippen molar-refractivity contribution in [3.63, 3.8) is 0 Å². The van der Waals surface area contributed by atoms with Gasteiger partial charge in [-0.3, -0.25) is 0 Å². The quantitative estimate of drug-likeness (QED) is 0.721. The number of benzene rings is 1. The first-order chi connectivity index (χ1) is 7.75. The minimum absolute atomic E-state index is 0.456. The van der Waals surface area contributed by atoms with Gasteiger partial charge < -0.3 is 10.3 Å². The molecule has 0 radical (unpaired) electrons. The molecule has 0 amide bonds. The van der Waals surface area contributed by atoms with Gasteiger partial charge in [0.1, 0.15) is 10.4 Å². The maximum absolute atomic E-state index is 6.09. The van der Waals surface area contributed by atoms with Gasteiger partial charge in [-0.2, -0.15) is 4.98 Å². The van der Waals surface area contributed by atoms with Crippen molar-refractivity contribution < 1.29 is 4.52 Å². The summed E-state index contributed by atoms with van der Waals surface area (Å²) in [7, 11) is 0. The van der Waals surface area contributed by atoms with Crippen LogP contribution in [0.4, 0.5) is 5.13 Å². The smallest absolute Gasteiger partial charge is 0.271 e. The van der Waals surface area contributed by atoms with Crippen molar-refractivity contribution in [2.75, 3.05) is 5.73 Å². The Morgan fingerprint density at radius 3 is 2.94 bits per heavy atom. The summed E-state index contributed by atoms with van der Waals surface area (Å²) in [6, 6.07) is 7.45. The van der Waals surface area contributed by atoms with Crippen molar-refractivity contribution in [1.29, 1.82) is 0 Å². The largest absolute Gasteiger partial charge is 0.375 e. The van der Waals surface area contributed by atoms with Crippen LogP contribution in [0.15, 0.2) is 28.8 Å². The molecular weight excluding hydrogens is 246 g/mol. The van der Waals surface area contributed by atoms with Crippen LogP contribution in [0.3, 0.4) is 0 Å². The monoisotopic (exact) mass is 251 g/mol. The van der Waals surface area contributed by atoms with Gasteiger partial charge in [-0.15, -0.1) is 0 Å². The Kier molecular flexibility index (Phi) is 2.08. The van der Waals surface area contributed by atoms with Gasteiger partial charge in [-0.1, -0.05) is 46.3 Å². The van der Waals surface area contributed by atoms with E-state index >= 15 is 0 Å². The number of anilines is 1. The molecule has 1 aromatic carbocycles. The minimum Gasteiger partial charge on any atom is -0.375 e. The molecule has 3 aromatic rings. The second kappa shape index (κ2) is 3.47. The van der Waals surface area contributed by atoms with Crippen LogP contribution in [-0.4, -0.2) is 10.1 Å². The predicted octanol–water partition coefficient (Wildman–Crippen LogP) is 3.19. The lowest BCUT2D eigenvalue weighted by atomic mass is 10.1. The highest BCUT2D eigenvalue weighted by molar-refractivity contribution is 7.22. The van der Waals surface area contributed by atoms with Crippen molar-refractivity contribution in [1.82, 2.24) is 10.1 Å². The Balaban J connectivity index is 2.30. The van der Waals surface area contributed by atoms with E-state index in [1.807, 2.05) is 24.3 Å². The summed E-state index contributed by atoms with van der Waals surface area (Å²) in [5.41, 5.74) is 7.58. The molecule has 4 nitrogen and oxygen atoms in total. The van der Waals surface area contributed by atoms with Crippen molar-refractivity contribution in [2.24, 2.45) is 0 Å². The molecule has 0 saturated carbocycles. The van der Waals surface area contributed by atoms with Gasteiger partial charge in [0.2, 0.25) is 0 Å². The molecule has 0 aliphatic heterocycles. The van der Waals surface area contributed by atoms with E-state index < -0.39 is 0 Å². The molecule has 0 atom stereocenters. The highest BCUT2D eigenvalue weighted by Crippen LogP contribution is 2.36. The maximum atomic E-state index is 6.09. The number of thiazole rings is 1. The average Bonchev–Trinajstić information content (AvgIpc) is 2.78. The first kappa shape index (κ1) is 9.62. The minimum atomic E-state index is 0.456. The summed E-state index contributed by atoms with van der Waals surface area (Å²) in [5.74, 6) is 0. The Labute approximate surface area is 99.6 Å². The number of rotatable bonds is 1. The SMILES string of the molecule is Nc1nc2onc(-c3ccccc3Cl)c2s1. The zero-order valence-corrected chi connectivity index (χ0v) is 9.55. The maximum Gasteiger partial charge on any atom is 0.271 e. The average molecular weight is 252 g/mol. The molecule has 3 rings (SSSR count). The first-order valence-corrected chi connectivity index (χ1v) is 5.72. The second-order valence-electron chi connectivity index (χ2n) is 3.20. The number of hydrogen-bond acceptors (Lipinski definition) is 5. The molecular formula is C10H6ClN3OS. The van der Waals surface area contributed by atoms with Gasteiger partial charge >= 0.3 is 0 Å². The molecule has 0 aliphatic rings. The van der Waals surface area contributed by atoms with E-state index in [2.05, 4.69) is 10.1 Å². The molecule has 80 valence electrons. The van der Waals surface area contributed by atoms with Gasteiger partial charge in [-0.05, 0) is 6.07 Å². The van der Waals surface area contributed by atoms with Gasteiger partial charge in [-0.25, -0.2) is 0 Å². The number of aromatic nitrogens is 2. The van der Waals surface area contributed by atoms with Crippen LogP contribution in [0, 0.1) is 0 Å². The number of nitrogens with two attached hydrogens (primary N) is 1. The third-order valence-electron chi connectivity index (χ3n) is 2.18. The Morgan fingerprint density at radius 1 is 1.31 bits per heavy atom. The Morgan fingerprint density at radius 2 is 2.12 bits per heavy atom. The highest BCUT2D eigenvalue weighted by Gasteiger charge is 2.16. The van der Waals surface area contributed by atoms with Crippen molar-refractivity contribution in [3.8, 4) is 11.3 Å². The van der Waals surface area contributed by atoms with E-state index in [-0.39, 0.29) is 0 Å². The lowest BCUT2D eigenvalue weighted by Gasteiger charge is -1.97. The lowest BCUT2D eigenvalue weighted by molar-refractivity contribution is 0.452. The zero-order valence-electron chi connectivity index (χ0n) is 7.98. The number of hydrogen-bond donors (Lipinski definition) is 1. The summed E-state index contributed by atoms with van der Waals surface area (Å²) in [5, 5.41) is 5.05. The molecule has 0 bridgehead atoms. The van der Waals surface area contributed by atoms with E-state index in [9.17, 15) is 0 Å². The van der Waals surface area contributed by atoms with Crippen LogP contribution >= 0.6 is 22.9 Å². The van der Waals surface area contributed by atoms with E-state index in [0.29, 0.717) is 21.6 Å². The van der Waals surface area contributed by atoms with Crippen molar-refractivity contribution in [3.05, 3.63) is 29.3 Å². The molecule has 0 fully saturated rings. The van der Waals surface area contributed by atoms with E-state index in [4.69, 9.17) is 21.9 Å². The fraction of sp³-hybridized carbons (Fsp3) is 0. The fourth-order valence-electron chi connectivity index (χ4n) is 1.49. The summed E-state index contributed by atoms with van der Waals surface area (Å²) in [4.78, 5) is 4.01. The number of nitrogen functional groups attached to an aromatic ring is 1. The van der Waals surface area contributed by atoms with Crippen molar-refractivity contribution in [2.45, 2.75) is 0 Å². The normalized spacial score (nSPS) is 11.1. The molecule has 2 aromatic heterocycles. The van der Waals surface area contributed by atoms with Gasteiger partial charge in [0, 0.05) is 5.56 Å². The van der Waals surface area contributed by atoms with Crippen LogP contribution in [0.2, 0.25) is 5.02 Å². The van der Waals surface area contributed by atoms with Crippen molar-refractivity contribution >= 4 is 38.5 Å². The molecule has 0 unspecified atom stereocenters. The second-order valence-corrected chi connectivity index (χ2v) is 4.64. The van der Waals surface area contributed by atoms with Gasteiger partial charge in [0.25, 0.3) is 5.71 Å². The fourth-order valence-corrected chi connectivity index (χ4v) is 2.47. The summed E-state index contributed by atoms with van der Waals surface area (Å²) < 4.78 is 5.91. The highest BCUT2D eigenvalue weighted by atomic mass is 35.5. The molecule has 16 heavy (non-hydrogen) atoms. The zero-order chi connectivity index (χ0) is 11.1. The van der Waals surface area contributed by atoms with E-state index in [1.54, 1.807) is 0 Å². The third-order valence-corrected chi connectivity index (χ3v) is 3.38. The number of halogens is 1. The van der Waals surface area contributed by atoms with E-state index in [0.717, 1.165) is 10.3 Å². The van der Waals surface area contributed by atoms with Gasteiger partial charge in [0.15, 0.2) is 5.13 Å². The van der Waals surface area contributed by atoms with Crippen LogP contribution in [0.25, 0.3) is 21.7 Å². The predicted molar refractivity (Wildman–Crippen MR) is 64.5 cm³/mol. The van der Waals surface area contributed by atoms with Crippen LogP contribution in [0.5, 0.6) is 0 Å². The first-order valence-electron chi connectivity index (χ1n) is 4.52. The molecule has 6 heteroatoms. The standard InChI is InChI=1S/C10H6ClN3OS/c11-6-4-2-1-3-5(6)7-8-9(15-14-7)13-10(12)16-8/h1-4H,(H2,12,13). The number of nitrogens with zero attached hydrogens (tertiary/aromatic N) is 2. The summed E-state index contributed by atoms with van der Waals surface area (Å²) in [6.07, 6.45) is 0. The van der Waals surface area contributed by atoms with Crippen LogP contribution in [0.1, 0.15) is 0 Å².